The highest BCUT2D eigenvalue weighted by atomic mass is 35.5. The van der Waals surface area contributed by atoms with Crippen LogP contribution in [0, 0.1) is 5.92 Å². The van der Waals surface area contributed by atoms with Crippen LogP contribution in [0.2, 0.25) is 0 Å². The zero-order valence-electron chi connectivity index (χ0n) is 12.5. The van der Waals surface area contributed by atoms with Gasteiger partial charge in [0.05, 0.1) is 0 Å². The van der Waals surface area contributed by atoms with Gasteiger partial charge in [-0.05, 0) is 44.0 Å². The number of carbonyl (C=O) groups is 1. The van der Waals surface area contributed by atoms with E-state index in [1.165, 1.54) is 11.3 Å². The molecule has 0 spiro atoms. The van der Waals surface area contributed by atoms with Crippen molar-refractivity contribution in [3.05, 3.63) is 30.3 Å². The molecule has 1 aliphatic heterocycles. The summed E-state index contributed by atoms with van der Waals surface area (Å²) in [5.74, 6) is 0.884. The third-order valence-electron chi connectivity index (χ3n) is 3.61. The number of amides is 1. The fourth-order valence-corrected chi connectivity index (χ4v) is 3.36. The summed E-state index contributed by atoms with van der Waals surface area (Å²) < 4.78 is 0. The van der Waals surface area contributed by atoms with Crippen molar-refractivity contribution in [3.8, 4) is 0 Å². The maximum absolute atomic E-state index is 11.8. The number of hydrogen-bond donors (Lipinski definition) is 2. The minimum absolute atomic E-state index is 0. The van der Waals surface area contributed by atoms with Crippen LogP contribution in [0.5, 0.6) is 0 Å². The fourth-order valence-electron chi connectivity index (χ4n) is 2.42. The first-order valence-corrected chi connectivity index (χ1v) is 8.31. The van der Waals surface area contributed by atoms with E-state index < -0.39 is 0 Å². The lowest BCUT2D eigenvalue weighted by molar-refractivity contribution is -0.121. The smallest absolute Gasteiger partial charge is 0.220 e. The molecule has 3 nitrogen and oxygen atoms in total. The molecule has 2 atom stereocenters. The van der Waals surface area contributed by atoms with E-state index in [9.17, 15) is 4.79 Å². The molecular formula is C16H25ClN2OS. The molecule has 2 unspecified atom stereocenters. The number of carbonyl (C=O) groups excluding carboxylic acids is 1. The molecule has 1 aliphatic rings. The van der Waals surface area contributed by atoms with Crippen LogP contribution in [0.1, 0.15) is 26.2 Å². The Hall–Kier alpha value is -0.710. The van der Waals surface area contributed by atoms with Crippen molar-refractivity contribution in [2.75, 3.05) is 19.6 Å². The number of hydrogen-bond acceptors (Lipinski definition) is 3. The summed E-state index contributed by atoms with van der Waals surface area (Å²) in [6.07, 6.45) is 2.89. The van der Waals surface area contributed by atoms with Gasteiger partial charge in [-0.1, -0.05) is 25.1 Å². The van der Waals surface area contributed by atoms with E-state index in [1.54, 1.807) is 11.8 Å². The maximum Gasteiger partial charge on any atom is 0.220 e. The molecule has 1 saturated heterocycles. The topological polar surface area (TPSA) is 41.1 Å². The van der Waals surface area contributed by atoms with Gasteiger partial charge in [-0.15, -0.1) is 24.2 Å². The Labute approximate surface area is 138 Å². The highest BCUT2D eigenvalue weighted by molar-refractivity contribution is 8.00. The first-order chi connectivity index (χ1) is 9.74. The molecule has 1 amide bonds. The van der Waals surface area contributed by atoms with Crippen molar-refractivity contribution in [1.29, 1.82) is 0 Å². The first kappa shape index (κ1) is 18.3. The normalized spacial score (nSPS) is 18.8. The summed E-state index contributed by atoms with van der Waals surface area (Å²) in [5, 5.41) is 6.78. The second-order valence-corrected chi connectivity index (χ2v) is 6.95. The third-order valence-corrected chi connectivity index (χ3v) is 4.72. The molecule has 0 saturated carbocycles. The zero-order chi connectivity index (χ0) is 14.2. The largest absolute Gasteiger partial charge is 0.355 e. The van der Waals surface area contributed by atoms with E-state index in [2.05, 4.69) is 29.7 Å². The molecule has 21 heavy (non-hydrogen) atoms. The Bertz CT molecular complexity index is 410. The summed E-state index contributed by atoms with van der Waals surface area (Å²) in [6.45, 7) is 5.07. The minimum atomic E-state index is 0. The van der Waals surface area contributed by atoms with Crippen LogP contribution in [0.3, 0.4) is 0 Å². The second-order valence-electron chi connectivity index (χ2n) is 5.44. The van der Waals surface area contributed by atoms with Gasteiger partial charge in [-0.25, -0.2) is 0 Å². The summed E-state index contributed by atoms with van der Waals surface area (Å²) in [4.78, 5) is 13.1. The Kier molecular flexibility index (Phi) is 8.81. The van der Waals surface area contributed by atoms with E-state index in [0.29, 0.717) is 17.6 Å². The predicted octanol–water partition coefficient (Wildman–Crippen LogP) is 3.09. The minimum Gasteiger partial charge on any atom is -0.355 e. The second kappa shape index (κ2) is 10.1. The van der Waals surface area contributed by atoms with E-state index in [0.717, 1.165) is 26.1 Å². The van der Waals surface area contributed by atoms with Gasteiger partial charge in [0.15, 0.2) is 0 Å². The number of rotatable bonds is 7. The van der Waals surface area contributed by atoms with Crippen molar-refractivity contribution >= 4 is 30.1 Å². The van der Waals surface area contributed by atoms with Gasteiger partial charge >= 0.3 is 0 Å². The van der Waals surface area contributed by atoms with Gasteiger partial charge in [0.2, 0.25) is 5.91 Å². The quantitative estimate of drug-likeness (QED) is 0.756. The summed E-state index contributed by atoms with van der Waals surface area (Å²) >= 11 is 1.80. The standard InChI is InChI=1S/C16H24N2OS.ClH/c1-13(20-15-5-3-2-4-6-15)11-18-16(19)8-7-14-9-10-17-12-14;/h2-6,13-14,17H,7-12H2,1H3,(H,18,19);1H. The molecule has 1 aromatic carbocycles. The Morgan fingerprint density at radius 2 is 2.19 bits per heavy atom. The molecule has 1 aromatic rings. The van der Waals surface area contributed by atoms with Crippen LogP contribution in [-0.2, 0) is 4.79 Å². The first-order valence-electron chi connectivity index (χ1n) is 7.43. The molecule has 5 heteroatoms. The lowest BCUT2D eigenvalue weighted by Crippen LogP contribution is -2.29. The van der Waals surface area contributed by atoms with Crippen LogP contribution < -0.4 is 10.6 Å². The van der Waals surface area contributed by atoms with Gasteiger partial charge in [0, 0.05) is 23.1 Å². The lowest BCUT2D eigenvalue weighted by Gasteiger charge is -2.13. The highest BCUT2D eigenvalue weighted by Gasteiger charge is 2.15. The van der Waals surface area contributed by atoms with E-state index >= 15 is 0 Å². The van der Waals surface area contributed by atoms with Crippen LogP contribution in [0.25, 0.3) is 0 Å². The van der Waals surface area contributed by atoms with Crippen molar-refractivity contribution in [1.82, 2.24) is 10.6 Å². The number of nitrogens with one attached hydrogen (secondary N) is 2. The van der Waals surface area contributed by atoms with Crippen molar-refractivity contribution in [3.63, 3.8) is 0 Å². The van der Waals surface area contributed by atoms with Crippen molar-refractivity contribution < 1.29 is 4.79 Å². The predicted molar refractivity (Wildman–Crippen MR) is 92.2 cm³/mol. The number of benzene rings is 1. The van der Waals surface area contributed by atoms with Crippen LogP contribution >= 0.6 is 24.2 Å². The van der Waals surface area contributed by atoms with Crippen LogP contribution in [0.4, 0.5) is 0 Å². The summed E-state index contributed by atoms with van der Waals surface area (Å²) in [5.41, 5.74) is 0. The monoisotopic (exact) mass is 328 g/mol. The van der Waals surface area contributed by atoms with Gasteiger partial charge in [-0.2, -0.15) is 0 Å². The number of halogens is 1. The van der Waals surface area contributed by atoms with Gasteiger partial charge in [-0.3, -0.25) is 4.79 Å². The SMILES string of the molecule is CC(CNC(=O)CCC1CCNC1)Sc1ccccc1.Cl. The molecule has 2 N–H and O–H groups in total. The average molecular weight is 329 g/mol. The Balaban J connectivity index is 0.00000220. The van der Waals surface area contributed by atoms with Gasteiger partial charge in [0.25, 0.3) is 0 Å². The van der Waals surface area contributed by atoms with Crippen molar-refractivity contribution in [2.24, 2.45) is 5.92 Å². The molecule has 0 aromatic heterocycles. The molecule has 0 radical (unpaired) electrons. The van der Waals surface area contributed by atoms with Gasteiger partial charge in [0.1, 0.15) is 0 Å². The molecular weight excluding hydrogens is 304 g/mol. The lowest BCUT2D eigenvalue weighted by atomic mass is 10.0. The average Bonchev–Trinajstić information content (AvgIpc) is 2.97. The molecule has 1 heterocycles. The Morgan fingerprint density at radius 3 is 2.86 bits per heavy atom. The maximum atomic E-state index is 11.8. The number of thioether (sulfide) groups is 1. The fraction of sp³-hybridized carbons (Fsp3) is 0.562. The summed E-state index contributed by atoms with van der Waals surface area (Å²) in [7, 11) is 0. The molecule has 0 aliphatic carbocycles. The van der Waals surface area contributed by atoms with E-state index in [-0.39, 0.29) is 18.3 Å². The summed E-state index contributed by atoms with van der Waals surface area (Å²) in [6, 6.07) is 10.3. The molecule has 118 valence electrons. The van der Waals surface area contributed by atoms with Crippen LogP contribution in [-0.4, -0.2) is 30.8 Å². The zero-order valence-corrected chi connectivity index (χ0v) is 14.1. The van der Waals surface area contributed by atoms with Crippen LogP contribution in [0.15, 0.2) is 35.2 Å². The third kappa shape index (κ3) is 7.21. The van der Waals surface area contributed by atoms with E-state index in [4.69, 9.17) is 0 Å². The van der Waals surface area contributed by atoms with Crippen molar-refractivity contribution in [2.45, 2.75) is 36.3 Å². The molecule has 2 rings (SSSR count). The highest BCUT2D eigenvalue weighted by Crippen LogP contribution is 2.22. The Morgan fingerprint density at radius 1 is 1.43 bits per heavy atom. The van der Waals surface area contributed by atoms with E-state index in [1.807, 2.05) is 18.2 Å². The molecule has 1 fully saturated rings. The molecule has 0 bridgehead atoms. The van der Waals surface area contributed by atoms with Gasteiger partial charge < -0.3 is 10.6 Å².